The van der Waals surface area contributed by atoms with Gasteiger partial charge in [0.05, 0.1) is 13.2 Å². The minimum atomic E-state index is -4.11. The zero-order valence-electron chi connectivity index (χ0n) is 20.6. The van der Waals surface area contributed by atoms with E-state index in [1.807, 2.05) is 0 Å². The van der Waals surface area contributed by atoms with E-state index in [0.717, 1.165) is 0 Å². The number of benzene rings is 1. The molecule has 0 aliphatic rings. The summed E-state index contributed by atoms with van der Waals surface area (Å²) in [5, 5.41) is 3.69. The highest BCUT2D eigenvalue weighted by Crippen LogP contribution is 2.73. The lowest BCUT2D eigenvalue weighted by molar-refractivity contribution is -0.0925. The Hall–Kier alpha value is -0.180. The summed E-state index contributed by atoms with van der Waals surface area (Å²) in [4.78, 5) is 0. The van der Waals surface area contributed by atoms with Gasteiger partial charge in [-0.15, -0.1) is 0 Å². The fourth-order valence-corrected chi connectivity index (χ4v) is 10.4. The van der Waals surface area contributed by atoms with Crippen molar-refractivity contribution in [1.82, 2.24) is 0 Å². The van der Waals surface area contributed by atoms with Crippen LogP contribution >= 0.6 is 37.9 Å². The zero-order chi connectivity index (χ0) is 25.8. The molecule has 0 heterocycles. The molecule has 1 aromatic carbocycles. The molecule has 198 valence electrons. The Morgan fingerprint density at radius 1 is 0.676 bits per heavy atom. The summed E-state index contributed by atoms with van der Waals surface area (Å²) in [7, 11) is -8.22. The summed E-state index contributed by atoms with van der Waals surface area (Å²) in [6, 6.07) is 2.00. The lowest BCUT2D eigenvalue weighted by Gasteiger charge is -2.39. The van der Waals surface area contributed by atoms with E-state index >= 15 is 0 Å². The van der Waals surface area contributed by atoms with Crippen molar-refractivity contribution in [3.63, 3.8) is 0 Å². The van der Waals surface area contributed by atoms with Crippen LogP contribution in [0.4, 0.5) is 5.69 Å². The normalized spacial score (nSPS) is 16.4. The highest BCUT2D eigenvalue weighted by molar-refractivity contribution is 7.77. The van der Waals surface area contributed by atoms with Crippen molar-refractivity contribution in [1.29, 1.82) is 0 Å². The van der Waals surface area contributed by atoms with Crippen molar-refractivity contribution in [3.8, 4) is 0 Å². The molecule has 34 heavy (non-hydrogen) atoms. The number of nitrogens with one attached hydrogen (secondary N) is 1. The van der Waals surface area contributed by atoms with Gasteiger partial charge in [-0.05, 0) is 59.7 Å². The van der Waals surface area contributed by atoms with Crippen molar-refractivity contribution >= 4 is 43.6 Å². The fourth-order valence-electron chi connectivity index (χ4n) is 3.17. The lowest BCUT2D eigenvalue weighted by Crippen LogP contribution is -2.36. The first kappa shape index (κ1) is 31.8. The van der Waals surface area contributed by atoms with Gasteiger partial charge in [0.25, 0.3) is 14.7 Å². The predicted octanol–water partition coefficient (Wildman–Crippen LogP) is 7.03. The van der Waals surface area contributed by atoms with E-state index in [-0.39, 0.29) is 39.6 Å². The second kappa shape index (κ2) is 15.8. The van der Waals surface area contributed by atoms with Crippen LogP contribution in [0.2, 0.25) is 10.0 Å². The van der Waals surface area contributed by atoms with Crippen LogP contribution in [-0.4, -0.2) is 57.2 Å². The van der Waals surface area contributed by atoms with Crippen molar-refractivity contribution in [3.05, 3.63) is 28.2 Å². The average Bonchev–Trinajstić information content (AvgIpc) is 2.76. The number of halogens is 2. The van der Waals surface area contributed by atoms with E-state index in [9.17, 15) is 9.13 Å². The largest absolute Gasteiger partial charge is 0.365 e. The molecule has 0 amide bonds. The first-order valence-electron chi connectivity index (χ1n) is 11.3. The molecule has 0 saturated heterocycles. The summed E-state index contributed by atoms with van der Waals surface area (Å²) >= 11 is 12.4. The topological polar surface area (TPSA) is 102 Å². The third kappa shape index (κ3) is 8.45. The van der Waals surface area contributed by atoms with Crippen LogP contribution in [0.5, 0.6) is 0 Å². The molecular weight excluding hydrogens is 527 g/mol. The molecule has 0 radical (unpaired) electrons. The fraction of sp³-hybridized carbons (Fsp3) is 0.714. The van der Waals surface area contributed by atoms with Gasteiger partial charge in [0.1, 0.15) is 0 Å². The molecule has 0 fully saturated rings. The standard InChI is InChI=1S/C21H37Cl2NO8P2/c1-7-27-20(28-8-2)33(25,31-11-5)19(24-18-14-16(22)13-17(23)15-18)34(26,32-12-6)21(29-9-3)30-10-4/h13-15,19-21,24H,7-12H2,1-6H3. The quantitative estimate of drug-likeness (QED) is 0.149. The molecule has 0 spiro atoms. The van der Waals surface area contributed by atoms with Crippen molar-refractivity contribution < 1.29 is 37.1 Å². The van der Waals surface area contributed by atoms with Gasteiger partial charge in [-0.3, -0.25) is 9.13 Å². The molecule has 2 unspecified atom stereocenters. The van der Waals surface area contributed by atoms with Crippen LogP contribution in [0.1, 0.15) is 41.5 Å². The zero-order valence-corrected chi connectivity index (χ0v) is 23.9. The minimum Gasteiger partial charge on any atom is -0.365 e. The molecule has 9 nitrogen and oxygen atoms in total. The average molecular weight is 564 g/mol. The van der Waals surface area contributed by atoms with Gasteiger partial charge in [-0.2, -0.15) is 0 Å². The molecule has 13 heteroatoms. The van der Waals surface area contributed by atoms with Gasteiger partial charge in [-0.1, -0.05) is 23.2 Å². The van der Waals surface area contributed by atoms with Gasteiger partial charge >= 0.3 is 0 Å². The molecule has 2 atom stereocenters. The maximum atomic E-state index is 14.6. The van der Waals surface area contributed by atoms with Crippen LogP contribution in [0.25, 0.3) is 0 Å². The van der Waals surface area contributed by atoms with E-state index in [1.54, 1.807) is 59.7 Å². The smallest absolute Gasteiger partial charge is 0.289 e. The van der Waals surface area contributed by atoms with E-state index in [2.05, 4.69) is 5.32 Å². The lowest BCUT2D eigenvalue weighted by atomic mass is 10.3. The van der Waals surface area contributed by atoms with Gasteiger partial charge in [0, 0.05) is 42.2 Å². The van der Waals surface area contributed by atoms with Crippen molar-refractivity contribution in [2.24, 2.45) is 0 Å². The molecule has 0 aliphatic heterocycles. The maximum absolute atomic E-state index is 14.6. The summed E-state index contributed by atoms with van der Waals surface area (Å²) in [5.41, 5.74) is -1.12. The van der Waals surface area contributed by atoms with E-state index in [1.165, 1.54) is 0 Å². The van der Waals surface area contributed by atoms with Crippen LogP contribution in [0.15, 0.2) is 18.2 Å². The minimum absolute atomic E-state index is 0.0302. The van der Waals surface area contributed by atoms with Gasteiger partial charge in [-0.25, -0.2) is 0 Å². The number of hydrogen-bond acceptors (Lipinski definition) is 9. The highest BCUT2D eigenvalue weighted by Gasteiger charge is 2.58. The van der Waals surface area contributed by atoms with E-state index in [0.29, 0.717) is 15.7 Å². The molecular formula is C21H37Cl2NO8P2. The van der Waals surface area contributed by atoms with Gasteiger partial charge in [0.15, 0.2) is 5.52 Å². The van der Waals surface area contributed by atoms with Crippen LogP contribution in [0, 0.1) is 0 Å². The SMILES string of the molecule is CCOC(OCC)P(=O)(OCC)C(Nc1cc(Cl)cc(Cl)c1)P(=O)(OCC)C(OCC)OCC. The Morgan fingerprint density at radius 2 is 1.03 bits per heavy atom. The van der Waals surface area contributed by atoms with Gasteiger partial charge in [0.2, 0.25) is 12.1 Å². The number of rotatable bonds is 18. The van der Waals surface area contributed by atoms with Crippen LogP contribution in [-0.2, 0) is 37.1 Å². The first-order chi connectivity index (χ1) is 16.2. The van der Waals surface area contributed by atoms with Gasteiger partial charge < -0.3 is 33.3 Å². The van der Waals surface area contributed by atoms with E-state index in [4.69, 9.17) is 51.2 Å². The Bertz CT molecular complexity index is 760. The summed E-state index contributed by atoms with van der Waals surface area (Å²) in [6.45, 7) is 11.0. The van der Waals surface area contributed by atoms with Crippen LogP contribution < -0.4 is 5.32 Å². The molecule has 0 saturated carbocycles. The predicted molar refractivity (Wildman–Crippen MR) is 136 cm³/mol. The second-order valence-corrected chi connectivity index (χ2v) is 13.0. The van der Waals surface area contributed by atoms with Crippen LogP contribution in [0.3, 0.4) is 0 Å². The van der Waals surface area contributed by atoms with E-state index < -0.39 is 32.3 Å². The number of ether oxygens (including phenoxy) is 4. The molecule has 1 N–H and O–H groups in total. The molecule has 0 aromatic heterocycles. The Balaban J connectivity index is 3.84. The third-order valence-electron chi connectivity index (χ3n) is 4.33. The first-order valence-corrected chi connectivity index (χ1v) is 15.6. The highest BCUT2D eigenvalue weighted by atomic mass is 35.5. The summed E-state index contributed by atoms with van der Waals surface area (Å²) in [6.07, 6.45) is 0. The summed E-state index contributed by atoms with van der Waals surface area (Å²) < 4.78 is 63.6. The molecule has 0 aliphatic carbocycles. The monoisotopic (exact) mass is 563 g/mol. The third-order valence-corrected chi connectivity index (χ3v) is 11.4. The van der Waals surface area contributed by atoms with Crippen molar-refractivity contribution in [2.75, 3.05) is 45.0 Å². The Labute approximate surface area is 212 Å². The Morgan fingerprint density at radius 3 is 1.32 bits per heavy atom. The van der Waals surface area contributed by atoms with Crippen molar-refractivity contribution in [2.45, 2.75) is 59.1 Å². The number of hydrogen-bond donors (Lipinski definition) is 1. The molecule has 1 aromatic rings. The maximum Gasteiger partial charge on any atom is 0.289 e. The Kier molecular flexibility index (Phi) is 14.8. The molecule has 1 rings (SSSR count). The second-order valence-electron chi connectivity index (χ2n) is 6.74. The molecule has 0 bridgehead atoms. The summed E-state index contributed by atoms with van der Waals surface area (Å²) in [5.74, 6) is 0. The number of anilines is 1.